The number of hydrogen-bond donors (Lipinski definition) is 1. The van der Waals surface area contributed by atoms with Crippen LogP contribution in [0.4, 0.5) is 32.0 Å². The molecule has 0 spiro atoms. The first-order chi connectivity index (χ1) is 24.7. The number of ether oxygens (including phenoxy) is 2. The van der Waals surface area contributed by atoms with Gasteiger partial charge in [0, 0.05) is 69.4 Å². The second kappa shape index (κ2) is 16.0. The third kappa shape index (κ3) is 8.56. The molecule has 3 aromatic rings. The zero-order chi connectivity index (χ0) is 37.7. The highest BCUT2D eigenvalue weighted by atomic mass is 32.1. The highest BCUT2D eigenvalue weighted by molar-refractivity contribution is 7.10. The molecule has 2 atom stereocenters. The number of para-hydroxylation sites is 2. The van der Waals surface area contributed by atoms with Gasteiger partial charge < -0.3 is 29.3 Å². The molecule has 2 aromatic heterocycles. The average molecular weight is 757 g/mol. The largest absolute Gasteiger partial charge is 0.491 e. The summed E-state index contributed by atoms with van der Waals surface area (Å²) in [6.45, 7) is 2.88. The van der Waals surface area contributed by atoms with E-state index in [0.717, 1.165) is 29.5 Å². The number of aromatic nitrogens is 1. The number of piperazine rings is 1. The minimum Gasteiger partial charge on any atom is -0.491 e. The molecular formula is C35H38F6N4O6S. The molecule has 5 rings (SSSR count). The van der Waals surface area contributed by atoms with Gasteiger partial charge in [-0.2, -0.15) is 26.3 Å². The lowest BCUT2D eigenvalue weighted by Crippen LogP contribution is -2.69. The first kappa shape index (κ1) is 38.7. The molecule has 2 amide bonds. The minimum absolute atomic E-state index is 0.00385. The van der Waals surface area contributed by atoms with Crippen molar-refractivity contribution >= 4 is 34.8 Å². The van der Waals surface area contributed by atoms with Gasteiger partial charge >= 0.3 is 18.3 Å². The van der Waals surface area contributed by atoms with Crippen LogP contribution in [0.3, 0.4) is 0 Å². The monoisotopic (exact) mass is 756 g/mol. The van der Waals surface area contributed by atoms with Crippen LogP contribution < -0.4 is 14.4 Å². The summed E-state index contributed by atoms with van der Waals surface area (Å²) in [6.07, 6.45) is -6.93. The SMILES string of the molecule is CCC[C@H]1N(C(=O)c2cnccc2C(F)(F)F)CCC[C@@]1(Oc1csc(C(F)(F)F)c1)C(=O)N1CCN(c2ccccc2OCCCC(=O)O)CC1. The van der Waals surface area contributed by atoms with E-state index in [1.807, 2.05) is 17.0 Å². The molecule has 1 aromatic carbocycles. The lowest BCUT2D eigenvalue weighted by Gasteiger charge is -2.50. The number of nitrogens with zero attached hydrogens (tertiary/aromatic N) is 4. The number of piperidine rings is 1. The van der Waals surface area contributed by atoms with Crippen LogP contribution in [-0.2, 0) is 21.9 Å². The molecule has 1 N–H and O–H groups in total. The van der Waals surface area contributed by atoms with Gasteiger partial charge in [0.15, 0.2) is 0 Å². The Kier molecular flexibility index (Phi) is 11.9. The molecule has 2 aliphatic rings. The molecule has 2 fully saturated rings. The van der Waals surface area contributed by atoms with Crippen molar-refractivity contribution in [2.45, 2.75) is 69.4 Å². The Labute approximate surface area is 299 Å². The van der Waals surface area contributed by atoms with Gasteiger partial charge in [0.25, 0.3) is 11.8 Å². The lowest BCUT2D eigenvalue weighted by molar-refractivity contribution is -0.159. The maximum atomic E-state index is 14.8. The van der Waals surface area contributed by atoms with Crippen molar-refractivity contribution in [3.63, 3.8) is 0 Å². The number of halogens is 6. The fourth-order valence-electron chi connectivity index (χ4n) is 6.77. The van der Waals surface area contributed by atoms with E-state index in [9.17, 15) is 40.7 Å². The number of rotatable bonds is 12. The topological polar surface area (TPSA) is 113 Å². The summed E-state index contributed by atoms with van der Waals surface area (Å²) in [6, 6.07) is 7.53. The van der Waals surface area contributed by atoms with Crippen LogP contribution in [0, 0.1) is 0 Å². The third-order valence-corrected chi connectivity index (χ3v) is 10.1. The summed E-state index contributed by atoms with van der Waals surface area (Å²) in [5, 5.41) is 10.1. The Bertz CT molecular complexity index is 1730. The molecule has 52 heavy (non-hydrogen) atoms. The number of anilines is 1. The van der Waals surface area contributed by atoms with Crippen LogP contribution in [0.5, 0.6) is 11.5 Å². The molecule has 0 unspecified atom stereocenters. The van der Waals surface area contributed by atoms with Crippen molar-refractivity contribution in [1.82, 2.24) is 14.8 Å². The van der Waals surface area contributed by atoms with Gasteiger partial charge in [-0.3, -0.25) is 19.4 Å². The summed E-state index contributed by atoms with van der Waals surface area (Å²) in [5.74, 6) is -2.22. The van der Waals surface area contributed by atoms with Crippen molar-refractivity contribution in [3.8, 4) is 11.5 Å². The van der Waals surface area contributed by atoms with E-state index in [-0.39, 0.29) is 57.7 Å². The van der Waals surface area contributed by atoms with Crippen molar-refractivity contribution in [2.24, 2.45) is 0 Å². The molecule has 0 saturated carbocycles. The molecule has 0 bridgehead atoms. The number of pyridine rings is 1. The number of benzene rings is 1. The Balaban J connectivity index is 1.45. The van der Waals surface area contributed by atoms with E-state index in [1.54, 1.807) is 19.1 Å². The minimum atomic E-state index is -4.88. The van der Waals surface area contributed by atoms with Gasteiger partial charge in [-0.1, -0.05) is 25.5 Å². The molecule has 4 heterocycles. The van der Waals surface area contributed by atoms with Gasteiger partial charge in [-0.25, -0.2) is 0 Å². The van der Waals surface area contributed by atoms with Gasteiger partial charge in [-0.05, 0) is 37.5 Å². The third-order valence-electron chi connectivity index (χ3n) is 9.12. The summed E-state index contributed by atoms with van der Waals surface area (Å²) in [5.41, 5.74) is -3.08. The van der Waals surface area contributed by atoms with Crippen LogP contribution in [0.1, 0.15) is 66.2 Å². The molecule has 0 radical (unpaired) electrons. The maximum absolute atomic E-state index is 14.8. The highest BCUT2D eigenvalue weighted by Crippen LogP contribution is 2.43. The van der Waals surface area contributed by atoms with E-state index in [4.69, 9.17) is 14.6 Å². The number of carbonyl (C=O) groups excluding carboxylic acids is 2. The van der Waals surface area contributed by atoms with Gasteiger partial charge in [-0.15, -0.1) is 11.3 Å². The van der Waals surface area contributed by atoms with E-state index < -0.39 is 57.8 Å². The summed E-state index contributed by atoms with van der Waals surface area (Å²) in [4.78, 5) is 47.2. The summed E-state index contributed by atoms with van der Waals surface area (Å²) >= 11 is 0.386. The van der Waals surface area contributed by atoms with E-state index in [0.29, 0.717) is 49.1 Å². The first-order valence-electron chi connectivity index (χ1n) is 16.8. The normalized spacial score (nSPS) is 19.8. The van der Waals surface area contributed by atoms with Crippen LogP contribution >= 0.6 is 11.3 Å². The predicted octanol–water partition coefficient (Wildman–Crippen LogP) is 7.00. The Hall–Kier alpha value is -4.54. The summed E-state index contributed by atoms with van der Waals surface area (Å²) < 4.78 is 95.1. The van der Waals surface area contributed by atoms with E-state index in [2.05, 4.69) is 4.98 Å². The number of aliphatic carboxylic acids is 1. The van der Waals surface area contributed by atoms with Gasteiger partial charge in [0.05, 0.1) is 29.5 Å². The van der Waals surface area contributed by atoms with Crippen molar-refractivity contribution in [1.29, 1.82) is 0 Å². The van der Waals surface area contributed by atoms with Gasteiger partial charge in [0.1, 0.15) is 16.4 Å². The number of carboxylic acid groups (broad SMARTS) is 1. The van der Waals surface area contributed by atoms with E-state index >= 15 is 0 Å². The van der Waals surface area contributed by atoms with E-state index in [1.165, 1.54) is 9.80 Å². The van der Waals surface area contributed by atoms with Gasteiger partial charge in [0.2, 0.25) is 5.60 Å². The number of alkyl halides is 6. The zero-order valence-electron chi connectivity index (χ0n) is 28.2. The smallest absolute Gasteiger partial charge is 0.425 e. The Morgan fingerprint density at radius 3 is 2.40 bits per heavy atom. The molecule has 17 heteroatoms. The standard InChI is InChI=1S/C35H38F6N4O6S/c1-2-7-28-33(51-23-20-29(52-22-23)35(39,40)41,12-6-14-45(28)31(48)24-21-42-13-11-25(24)34(36,37)38)32(49)44-17-15-43(16-18-44)26-8-3-4-9-27(26)50-19-5-10-30(46)47/h3-4,8-9,11,13,20-22,28H,2,5-7,10,12,14-19H2,1H3,(H,46,47)/t28-,33+/m1/s1. The maximum Gasteiger partial charge on any atom is 0.425 e. The Morgan fingerprint density at radius 2 is 1.75 bits per heavy atom. The number of carboxylic acids is 1. The van der Waals surface area contributed by atoms with Crippen molar-refractivity contribution in [2.75, 3.05) is 44.2 Å². The van der Waals surface area contributed by atoms with Crippen LogP contribution in [0.25, 0.3) is 0 Å². The zero-order valence-corrected chi connectivity index (χ0v) is 29.0. The second-order valence-electron chi connectivity index (χ2n) is 12.6. The number of hydrogen-bond acceptors (Lipinski definition) is 8. The predicted molar refractivity (Wildman–Crippen MR) is 178 cm³/mol. The van der Waals surface area contributed by atoms with Crippen LogP contribution in [0.2, 0.25) is 0 Å². The van der Waals surface area contributed by atoms with Crippen LogP contribution in [0.15, 0.2) is 54.2 Å². The molecule has 0 aliphatic carbocycles. The number of amides is 2. The number of carbonyl (C=O) groups is 3. The highest BCUT2D eigenvalue weighted by Gasteiger charge is 2.56. The quantitative estimate of drug-likeness (QED) is 0.156. The van der Waals surface area contributed by atoms with Crippen molar-refractivity contribution < 1.29 is 55.3 Å². The number of likely N-dealkylation sites (tertiary alicyclic amines) is 1. The molecule has 2 aliphatic heterocycles. The average Bonchev–Trinajstić information content (AvgIpc) is 3.59. The molecule has 10 nitrogen and oxygen atoms in total. The lowest BCUT2D eigenvalue weighted by atomic mass is 9.79. The summed E-state index contributed by atoms with van der Waals surface area (Å²) in [7, 11) is 0. The Morgan fingerprint density at radius 1 is 1.02 bits per heavy atom. The molecule has 282 valence electrons. The number of thiophene rings is 1. The molecule has 2 saturated heterocycles. The molecular weight excluding hydrogens is 718 g/mol. The first-order valence-corrected chi connectivity index (χ1v) is 17.7. The fraction of sp³-hybridized carbons (Fsp3) is 0.486. The second-order valence-corrected chi connectivity index (χ2v) is 13.5. The van der Waals surface area contributed by atoms with Crippen molar-refractivity contribution in [3.05, 3.63) is 70.2 Å². The van der Waals surface area contributed by atoms with Crippen LogP contribution in [-0.4, -0.2) is 88.6 Å². The fourth-order valence-corrected chi connectivity index (χ4v) is 7.44.